The summed E-state index contributed by atoms with van der Waals surface area (Å²) >= 11 is 0. The van der Waals surface area contributed by atoms with Crippen LogP contribution in [0.25, 0.3) is 88.3 Å². The lowest BCUT2D eigenvalue weighted by molar-refractivity contribution is 0.660. The third-order valence-corrected chi connectivity index (χ3v) is 17.6. The summed E-state index contributed by atoms with van der Waals surface area (Å²) in [5, 5.41) is 5.75. The average molecular weight is 803 g/mol. The molecule has 0 unspecified atom stereocenters. The lowest BCUT2D eigenvalue weighted by atomic mass is 9.30. The molecule has 0 amide bonds. The molecule has 2 heterocycles. The van der Waals surface area contributed by atoms with Crippen LogP contribution in [0.2, 0.25) is 0 Å². The van der Waals surface area contributed by atoms with Crippen molar-refractivity contribution in [3.05, 3.63) is 184 Å². The Kier molecular flexibility index (Phi) is 5.94. The Morgan fingerprint density at radius 1 is 0.286 bits per heavy atom. The molecule has 0 radical (unpaired) electrons. The van der Waals surface area contributed by atoms with E-state index in [4.69, 9.17) is 0 Å². The van der Waals surface area contributed by atoms with Gasteiger partial charge in [-0.15, -0.1) is 0 Å². The number of hydrogen-bond donors (Lipinski definition) is 0. The molecule has 15 rings (SSSR count). The first-order chi connectivity index (χ1) is 30.3. The van der Waals surface area contributed by atoms with Gasteiger partial charge in [0, 0.05) is 21.7 Å². The first kappa shape index (κ1) is 35.1. The zero-order valence-corrected chi connectivity index (χ0v) is 37.4. The molecular formula is C62H47B. The summed E-state index contributed by atoms with van der Waals surface area (Å²) in [5.41, 5.74) is 32.5. The Morgan fingerprint density at radius 2 is 0.587 bits per heavy atom. The highest BCUT2D eigenvalue weighted by Crippen LogP contribution is 2.62. The van der Waals surface area contributed by atoms with E-state index < -0.39 is 0 Å². The summed E-state index contributed by atoms with van der Waals surface area (Å²) in [6.45, 7) is 19.8. The third kappa shape index (κ3) is 3.70. The Labute approximate surface area is 370 Å². The molecule has 0 spiro atoms. The van der Waals surface area contributed by atoms with Crippen LogP contribution in [-0.4, -0.2) is 6.71 Å². The van der Waals surface area contributed by atoms with Crippen LogP contribution in [0.15, 0.2) is 140 Å². The van der Waals surface area contributed by atoms with Gasteiger partial charge in [-0.25, -0.2) is 0 Å². The van der Waals surface area contributed by atoms with Crippen LogP contribution in [0.4, 0.5) is 0 Å². The van der Waals surface area contributed by atoms with Gasteiger partial charge in [-0.3, -0.25) is 0 Å². The van der Waals surface area contributed by atoms with Crippen LogP contribution < -0.4 is 16.4 Å². The molecule has 0 saturated carbocycles. The Balaban J connectivity index is 1.19. The second-order valence-electron chi connectivity index (χ2n) is 21.9. The summed E-state index contributed by atoms with van der Waals surface area (Å²) in [4.78, 5) is 0. The average Bonchev–Trinajstić information content (AvgIpc) is 3.85. The Hall–Kier alpha value is -6.44. The molecule has 1 heteroatoms. The Bertz CT molecular complexity index is 3490. The highest BCUT2D eigenvalue weighted by Gasteiger charge is 2.50. The van der Waals surface area contributed by atoms with Crippen LogP contribution in [-0.2, 0) is 21.7 Å². The number of rotatable bonds is 0. The second-order valence-corrected chi connectivity index (χ2v) is 21.9. The van der Waals surface area contributed by atoms with Crippen molar-refractivity contribution >= 4 is 44.6 Å². The molecular weight excluding hydrogens is 755 g/mol. The molecule has 9 aromatic rings. The topological polar surface area (TPSA) is 0 Å². The Morgan fingerprint density at radius 3 is 0.952 bits per heavy atom. The van der Waals surface area contributed by atoms with Crippen molar-refractivity contribution in [1.29, 1.82) is 0 Å². The summed E-state index contributed by atoms with van der Waals surface area (Å²) in [5.74, 6) is 0. The summed E-state index contributed by atoms with van der Waals surface area (Å²) in [6, 6.07) is 55.3. The van der Waals surface area contributed by atoms with E-state index >= 15 is 0 Å². The number of hydrogen-bond acceptors (Lipinski definition) is 0. The van der Waals surface area contributed by atoms with Gasteiger partial charge in [0.15, 0.2) is 0 Å². The van der Waals surface area contributed by atoms with E-state index in [9.17, 15) is 0 Å². The summed E-state index contributed by atoms with van der Waals surface area (Å²) in [7, 11) is 0. The van der Waals surface area contributed by atoms with Gasteiger partial charge >= 0.3 is 0 Å². The largest absolute Gasteiger partial charge is 0.244 e. The molecule has 4 aliphatic carbocycles. The minimum Gasteiger partial charge on any atom is -0.0619 e. The van der Waals surface area contributed by atoms with E-state index in [1.54, 1.807) is 0 Å². The molecule has 0 bridgehead atoms. The fourth-order valence-electron chi connectivity index (χ4n) is 14.7. The molecule has 63 heavy (non-hydrogen) atoms. The molecule has 0 aromatic heterocycles. The lowest BCUT2D eigenvalue weighted by Gasteiger charge is -2.38. The van der Waals surface area contributed by atoms with Crippen molar-refractivity contribution in [2.75, 3.05) is 0 Å². The van der Waals surface area contributed by atoms with Crippen molar-refractivity contribution < 1.29 is 0 Å². The van der Waals surface area contributed by atoms with Crippen LogP contribution in [0.5, 0.6) is 0 Å². The van der Waals surface area contributed by atoms with Crippen molar-refractivity contribution in [3.63, 3.8) is 0 Å². The predicted molar refractivity (Wildman–Crippen MR) is 267 cm³/mol. The molecule has 9 aromatic carbocycles. The highest BCUT2D eigenvalue weighted by atomic mass is 14.5. The highest BCUT2D eigenvalue weighted by molar-refractivity contribution is 7.01. The smallest absolute Gasteiger partial charge is 0.0619 e. The maximum Gasteiger partial charge on any atom is 0.244 e. The second kappa shape index (κ2) is 10.7. The number of benzene rings is 9. The maximum absolute atomic E-state index is 2.71. The fourth-order valence-corrected chi connectivity index (χ4v) is 14.7. The van der Waals surface area contributed by atoms with Gasteiger partial charge in [-0.05, 0) is 145 Å². The minimum absolute atomic E-state index is 0.0706. The van der Waals surface area contributed by atoms with Gasteiger partial charge in [0.2, 0.25) is 6.71 Å². The molecule has 0 saturated heterocycles. The summed E-state index contributed by atoms with van der Waals surface area (Å²) < 4.78 is 0. The van der Waals surface area contributed by atoms with Crippen molar-refractivity contribution in [3.8, 4) is 66.8 Å². The minimum atomic E-state index is -0.145. The van der Waals surface area contributed by atoms with Gasteiger partial charge in [0.1, 0.15) is 0 Å². The molecule has 0 nitrogen and oxygen atoms in total. The van der Waals surface area contributed by atoms with E-state index in [2.05, 4.69) is 195 Å². The van der Waals surface area contributed by atoms with E-state index in [0.29, 0.717) is 0 Å². The van der Waals surface area contributed by atoms with Crippen molar-refractivity contribution in [1.82, 2.24) is 0 Å². The zero-order valence-electron chi connectivity index (χ0n) is 37.4. The van der Waals surface area contributed by atoms with E-state index in [0.717, 1.165) is 0 Å². The SMILES string of the molecule is CC1(C)c2ccccc2-c2c1cc1c3c(cc4c1c2-c1cccc2c1B4c1cc4c(c5cc6c(c-2c15)-c1ccccc1C6(C)C)-c1ccccc1C4(C)C)C(C)(C)c1ccccc1-3. The van der Waals surface area contributed by atoms with Crippen molar-refractivity contribution in [2.24, 2.45) is 0 Å². The van der Waals surface area contributed by atoms with E-state index in [-0.39, 0.29) is 28.4 Å². The molecule has 2 aliphatic heterocycles. The van der Waals surface area contributed by atoms with Crippen LogP contribution >= 0.6 is 0 Å². The quantitative estimate of drug-likeness (QED) is 0.134. The predicted octanol–water partition coefficient (Wildman–Crippen LogP) is 13.7. The summed E-state index contributed by atoms with van der Waals surface area (Å²) in [6.07, 6.45) is 0. The molecule has 0 N–H and O–H groups in total. The molecule has 298 valence electrons. The zero-order chi connectivity index (χ0) is 42.4. The first-order valence-electron chi connectivity index (χ1n) is 23.2. The van der Waals surface area contributed by atoms with Gasteiger partial charge in [-0.1, -0.05) is 199 Å². The normalized spacial score (nSPS) is 17.7. The van der Waals surface area contributed by atoms with E-state index in [1.807, 2.05) is 0 Å². The van der Waals surface area contributed by atoms with Crippen molar-refractivity contribution in [2.45, 2.75) is 77.0 Å². The third-order valence-electron chi connectivity index (χ3n) is 17.6. The van der Waals surface area contributed by atoms with Gasteiger partial charge in [0.25, 0.3) is 0 Å². The monoisotopic (exact) mass is 802 g/mol. The van der Waals surface area contributed by atoms with Crippen LogP contribution in [0.1, 0.15) is 99.9 Å². The molecule has 0 fully saturated rings. The molecule has 0 atom stereocenters. The first-order valence-corrected chi connectivity index (χ1v) is 23.2. The standard InChI is InChI=1S/C62H47B/c1-59(2)42-26-15-11-20-34(42)52-44(59)28-38-50-32-18-9-13-24-40(32)61(5,6)46(50)30-48-54(38)56(52)36-22-17-23-37-57-53-35-21-12-16-27-43(35)60(3,4)45(53)29-39-51-33-19-10-14-25-41(33)62(7,8)47(51)31-49(55(39)57)63(48)58(36)37/h9-31H,1-8H3. The fraction of sp³-hybridized carbons (Fsp3) is 0.194. The molecule has 6 aliphatic rings. The lowest BCUT2D eigenvalue weighted by Crippen LogP contribution is -2.58. The van der Waals surface area contributed by atoms with Gasteiger partial charge < -0.3 is 0 Å². The maximum atomic E-state index is 2.71. The van der Waals surface area contributed by atoms with Crippen LogP contribution in [0, 0.1) is 0 Å². The van der Waals surface area contributed by atoms with Gasteiger partial charge in [0.05, 0.1) is 0 Å². The van der Waals surface area contributed by atoms with Crippen LogP contribution in [0.3, 0.4) is 0 Å². The van der Waals surface area contributed by atoms with E-state index in [1.165, 1.54) is 149 Å². The number of fused-ring (bicyclic) bond motifs is 20. The van der Waals surface area contributed by atoms with Gasteiger partial charge in [-0.2, -0.15) is 0 Å².